The van der Waals surface area contributed by atoms with Crippen LogP contribution in [0.4, 0.5) is 13.2 Å². The Kier molecular flexibility index (Phi) is 5.49. The maximum Gasteiger partial charge on any atom is 0.578 e. The van der Waals surface area contributed by atoms with Crippen LogP contribution < -0.4 is 5.73 Å². The van der Waals surface area contributed by atoms with Crippen LogP contribution in [0.2, 0.25) is 0 Å². The lowest BCUT2D eigenvalue weighted by molar-refractivity contribution is -0.0435. The van der Waals surface area contributed by atoms with E-state index in [1.54, 1.807) is 6.92 Å². The van der Waals surface area contributed by atoms with Gasteiger partial charge in [-0.2, -0.15) is 0 Å². The molecule has 102 valence electrons. The molecule has 0 spiro atoms. The second-order valence-corrected chi connectivity index (χ2v) is 5.59. The molecule has 0 saturated carbocycles. The number of rotatable bonds is 5. The van der Waals surface area contributed by atoms with Crippen LogP contribution in [0.1, 0.15) is 24.0 Å². The Labute approximate surface area is 108 Å². The van der Waals surface area contributed by atoms with Gasteiger partial charge in [0.2, 0.25) is 0 Å². The molecular formula is C12H16F3NOS. The zero-order chi connectivity index (χ0) is 13.8. The molecule has 0 aliphatic heterocycles. The molecule has 0 aliphatic carbocycles. The minimum atomic E-state index is -4.71. The Morgan fingerprint density at radius 1 is 1.22 bits per heavy atom. The largest absolute Gasteiger partial charge is 0.604 e. The highest BCUT2D eigenvalue weighted by molar-refractivity contribution is 7.92. The third kappa shape index (κ3) is 4.51. The Morgan fingerprint density at radius 3 is 2.44 bits per heavy atom. The number of nitrogens with two attached hydrogens (primary N) is 1. The minimum absolute atomic E-state index is 0.176. The van der Waals surface area contributed by atoms with Gasteiger partial charge in [-0.1, -0.05) is 6.07 Å². The molecule has 2 N–H and O–H groups in total. The monoisotopic (exact) mass is 279 g/mol. The second kappa shape index (κ2) is 6.45. The first-order valence-corrected chi connectivity index (χ1v) is 6.79. The fourth-order valence-corrected chi connectivity index (χ4v) is 2.50. The SMILES string of the molecule is Cc1cc(CCCCN)cc([S+]([O-])C(F)(F)F)c1. The molecule has 18 heavy (non-hydrogen) atoms. The minimum Gasteiger partial charge on any atom is -0.604 e. The molecule has 0 aromatic heterocycles. The van der Waals surface area contributed by atoms with Crippen molar-refractivity contribution in [2.45, 2.75) is 36.6 Å². The maximum atomic E-state index is 12.4. The molecule has 0 fully saturated rings. The van der Waals surface area contributed by atoms with E-state index < -0.39 is 16.7 Å². The third-order valence-corrected chi connectivity index (χ3v) is 3.54. The van der Waals surface area contributed by atoms with Gasteiger partial charge in [-0.25, -0.2) is 0 Å². The van der Waals surface area contributed by atoms with Crippen LogP contribution in [0.5, 0.6) is 0 Å². The van der Waals surface area contributed by atoms with Crippen LogP contribution in [-0.2, 0) is 17.6 Å². The van der Waals surface area contributed by atoms with Crippen molar-refractivity contribution in [1.29, 1.82) is 0 Å². The highest BCUT2D eigenvalue weighted by Crippen LogP contribution is 2.31. The average molecular weight is 279 g/mol. The van der Waals surface area contributed by atoms with Crippen molar-refractivity contribution in [3.8, 4) is 0 Å². The normalized spacial score (nSPS) is 13.7. The van der Waals surface area contributed by atoms with Gasteiger partial charge in [-0.3, -0.25) is 0 Å². The van der Waals surface area contributed by atoms with Crippen molar-refractivity contribution in [2.24, 2.45) is 5.73 Å². The van der Waals surface area contributed by atoms with E-state index in [0.717, 1.165) is 18.4 Å². The molecule has 6 heteroatoms. The Morgan fingerprint density at radius 2 is 1.89 bits per heavy atom. The Hall–Kier alpha value is -0.720. The highest BCUT2D eigenvalue weighted by atomic mass is 32.2. The number of alkyl halides is 3. The van der Waals surface area contributed by atoms with Crippen molar-refractivity contribution in [2.75, 3.05) is 6.54 Å². The molecule has 0 heterocycles. The number of benzene rings is 1. The standard InChI is InChI=1S/C12H16F3NOS/c1-9-6-10(4-2-3-5-16)8-11(7-9)18(17)12(13,14)15/h6-8H,2-5,16H2,1H3. The molecular weight excluding hydrogens is 263 g/mol. The van der Waals surface area contributed by atoms with E-state index in [4.69, 9.17) is 5.73 Å². The molecule has 0 saturated heterocycles. The van der Waals surface area contributed by atoms with Gasteiger partial charge in [0, 0.05) is 0 Å². The molecule has 1 rings (SSSR count). The first-order valence-electron chi connectivity index (χ1n) is 5.64. The van der Waals surface area contributed by atoms with Gasteiger partial charge in [0.15, 0.2) is 4.90 Å². The lowest BCUT2D eigenvalue weighted by Crippen LogP contribution is -2.23. The van der Waals surface area contributed by atoms with Crippen molar-refractivity contribution in [3.05, 3.63) is 29.3 Å². The summed E-state index contributed by atoms with van der Waals surface area (Å²) >= 11 is -2.95. The zero-order valence-electron chi connectivity index (χ0n) is 10.1. The summed E-state index contributed by atoms with van der Waals surface area (Å²) in [5.74, 6) is 0. The lowest BCUT2D eigenvalue weighted by Gasteiger charge is -2.14. The van der Waals surface area contributed by atoms with E-state index >= 15 is 0 Å². The summed E-state index contributed by atoms with van der Waals surface area (Å²) in [6.07, 6.45) is 2.30. The maximum absolute atomic E-state index is 12.4. The van der Waals surface area contributed by atoms with E-state index in [2.05, 4.69) is 0 Å². The Bertz CT molecular complexity index is 395. The lowest BCUT2D eigenvalue weighted by atomic mass is 10.1. The highest BCUT2D eigenvalue weighted by Gasteiger charge is 2.46. The molecule has 1 aromatic rings. The number of hydrogen-bond acceptors (Lipinski definition) is 2. The molecule has 1 atom stereocenters. The summed E-state index contributed by atoms with van der Waals surface area (Å²) in [4.78, 5) is -0.176. The van der Waals surface area contributed by atoms with Gasteiger partial charge in [-0.05, 0) is 56.0 Å². The zero-order valence-corrected chi connectivity index (χ0v) is 10.9. The van der Waals surface area contributed by atoms with Gasteiger partial charge in [0.1, 0.15) is 0 Å². The number of hydrogen-bond donors (Lipinski definition) is 1. The molecule has 0 bridgehead atoms. The van der Waals surface area contributed by atoms with Crippen LogP contribution in [0.25, 0.3) is 0 Å². The van der Waals surface area contributed by atoms with E-state index in [1.807, 2.05) is 6.07 Å². The van der Waals surface area contributed by atoms with Gasteiger partial charge < -0.3 is 10.3 Å². The van der Waals surface area contributed by atoms with Gasteiger partial charge in [0.25, 0.3) is 0 Å². The van der Waals surface area contributed by atoms with Crippen LogP contribution >= 0.6 is 0 Å². The van der Waals surface area contributed by atoms with Crippen molar-refractivity contribution >= 4 is 11.2 Å². The third-order valence-electron chi connectivity index (χ3n) is 2.45. The average Bonchev–Trinajstić information content (AvgIpc) is 2.26. The second-order valence-electron chi connectivity index (χ2n) is 4.11. The number of aryl methyl sites for hydroxylation is 2. The van der Waals surface area contributed by atoms with Crippen LogP contribution in [-0.4, -0.2) is 16.6 Å². The van der Waals surface area contributed by atoms with Gasteiger partial charge in [-0.15, -0.1) is 13.2 Å². The summed E-state index contributed by atoms with van der Waals surface area (Å²) in [5.41, 5.74) is 2.12. The van der Waals surface area contributed by atoms with Gasteiger partial charge in [0.05, 0.1) is 11.2 Å². The van der Waals surface area contributed by atoms with Gasteiger partial charge >= 0.3 is 5.51 Å². The smallest absolute Gasteiger partial charge is 0.578 e. The predicted molar refractivity (Wildman–Crippen MR) is 65.6 cm³/mol. The summed E-state index contributed by atoms with van der Waals surface area (Å²) in [5, 5.41) is 0. The summed E-state index contributed by atoms with van der Waals surface area (Å²) in [6.45, 7) is 2.26. The predicted octanol–water partition coefficient (Wildman–Crippen LogP) is 2.90. The van der Waals surface area contributed by atoms with E-state index in [9.17, 15) is 17.7 Å². The fourth-order valence-electron chi connectivity index (χ4n) is 1.68. The van der Waals surface area contributed by atoms with Crippen molar-refractivity contribution in [3.63, 3.8) is 0 Å². The molecule has 0 aliphatic rings. The van der Waals surface area contributed by atoms with Crippen LogP contribution in [0.15, 0.2) is 23.1 Å². The summed E-state index contributed by atoms with van der Waals surface area (Å²) in [6, 6.07) is 4.50. The van der Waals surface area contributed by atoms with E-state index in [1.165, 1.54) is 12.1 Å². The quantitative estimate of drug-likeness (QED) is 0.665. The summed E-state index contributed by atoms with van der Waals surface area (Å²) in [7, 11) is 0. The molecule has 0 amide bonds. The fraction of sp³-hybridized carbons (Fsp3) is 0.500. The molecule has 1 unspecified atom stereocenters. The van der Waals surface area contributed by atoms with Crippen LogP contribution in [0, 0.1) is 6.92 Å². The van der Waals surface area contributed by atoms with Crippen LogP contribution in [0.3, 0.4) is 0 Å². The first kappa shape index (κ1) is 15.3. The first-order chi connectivity index (χ1) is 8.34. The summed E-state index contributed by atoms with van der Waals surface area (Å²) < 4.78 is 48.4. The number of unbranched alkanes of at least 4 members (excludes halogenated alkanes) is 1. The van der Waals surface area contributed by atoms with E-state index in [0.29, 0.717) is 18.5 Å². The van der Waals surface area contributed by atoms with Crippen molar-refractivity contribution in [1.82, 2.24) is 0 Å². The molecule has 2 nitrogen and oxygen atoms in total. The van der Waals surface area contributed by atoms with E-state index in [-0.39, 0.29) is 4.90 Å². The Balaban J connectivity index is 2.87. The number of halogens is 3. The topological polar surface area (TPSA) is 49.1 Å². The molecule has 1 aromatic carbocycles. The molecule has 0 radical (unpaired) electrons. The van der Waals surface area contributed by atoms with Crippen molar-refractivity contribution < 1.29 is 17.7 Å².